The maximum atomic E-state index is 12.4. The van der Waals surface area contributed by atoms with Gasteiger partial charge in [-0.2, -0.15) is 13.2 Å². The quantitative estimate of drug-likeness (QED) is 0.217. The molecule has 33 heavy (non-hydrogen) atoms. The van der Waals surface area contributed by atoms with Crippen LogP contribution >= 0.6 is 23.9 Å². The van der Waals surface area contributed by atoms with Gasteiger partial charge in [0.25, 0.3) is 0 Å². The summed E-state index contributed by atoms with van der Waals surface area (Å²) in [7, 11) is 0.760. The van der Waals surface area contributed by atoms with Crippen molar-refractivity contribution in [2.45, 2.75) is 11.5 Å². The largest absolute Gasteiger partial charge is 0.481 e. The SMILES string of the molecule is [2H]C([2H])(Br)c1cc(C(F)(F)F)cnc1OC.c1ccc(P(c2ccccc2)c2ccccc2)cc1. The van der Waals surface area contributed by atoms with Crippen LogP contribution in [0.25, 0.3) is 0 Å². The fourth-order valence-corrected chi connectivity index (χ4v) is 5.61. The molecule has 3 aromatic carbocycles. The van der Waals surface area contributed by atoms with Crippen molar-refractivity contribution in [1.29, 1.82) is 0 Å². The van der Waals surface area contributed by atoms with Gasteiger partial charge in [0.1, 0.15) is 0 Å². The summed E-state index contributed by atoms with van der Waals surface area (Å²) in [5, 5.41) is 2.06. The van der Waals surface area contributed by atoms with E-state index in [1.54, 1.807) is 0 Å². The number of hydrogen-bond donors (Lipinski definition) is 0. The number of hydrogen-bond acceptors (Lipinski definition) is 2. The zero-order valence-corrected chi connectivity index (χ0v) is 20.1. The molecule has 0 aliphatic heterocycles. The third kappa shape index (κ3) is 6.89. The predicted octanol–water partition coefficient (Wildman–Crippen LogP) is 6.45. The molecule has 0 atom stereocenters. The van der Waals surface area contributed by atoms with Gasteiger partial charge in [0.05, 0.1) is 12.7 Å². The van der Waals surface area contributed by atoms with Crippen LogP contribution in [0.2, 0.25) is 0 Å². The van der Waals surface area contributed by atoms with Gasteiger partial charge in [0.15, 0.2) is 0 Å². The topological polar surface area (TPSA) is 22.1 Å². The number of aromatic nitrogens is 1. The summed E-state index contributed by atoms with van der Waals surface area (Å²) < 4.78 is 56.4. The van der Waals surface area contributed by atoms with E-state index >= 15 is 0 Å². The molecule has 2 nitrogen and oxygen atoms in total. The summed E-state index contributed by atoms with van der Waals surface area (Å²) in [6, 6.07) is 33.0. The Morgan fingerprint density at radius 1 is 0.848 bits per heavy atom. The molecule has 0 N–H and O–H groups in total. The summed E-state index contributed by atoms with van der Waals surface area (Å²) in [6.07, 6.45) is -3.96. The molecule has 0 aliphatic carbocycles. The van der Waals surface area contributed by atoms with Gasteiger partial charge in [0.2, 0.25) is 5.88 Å². The first-order chi connectivity index (χ1) is 16.6. The third-order valence-electron chi connectivity index (χ3n) is 4.52. The van der Waals surface area contributed by atoms with Gasteiger partial charge < -0.3 is 4.74 Å². The van der Waals surface area contributed by atoms with Crippen LogP contribution in [0.3, 0.4) is 0 Å². The molecule has 0 radical (unpaired) electrons. The molecule has 4 aromatic rings. The Kier molecular flexibility index (Phi) is 8.02. The molecule has 0 saturated heterocycles. The zero-order chi connectivity index (χ0) is 25.5. The number of alkyl halides is 4. The number of halogens is 4. The average molecular weight is 534 g/mol. The highest BCUT2D eigenvalue weighted by Gasteiger charge is 2.31. The monoisotopic (exact) mass is 533 g/mol. The second-order valence-corrected chi connectivity index (χ2v) is 9.33. The summed E-state index contributed by atoms with van der Waals surface area (Å²) in [6.45, 7) is 0. The smallest absolute Gasteiger partial charge is 0.417 e. The molecular weight excluding hydrogens is 510 g/mol. The highest BCUT2D eigenvalue weighted by molar-refractivity contribution is 9.08. The van der Waals surface area contributed by atoms with Crippen molar-refractivity contribution in [3.8, 4) is 5.88 Å². The van der Waals surface area contributed by atoms with Gasteiger partial charge in [0, 0.05) is 19.8 Å². The van der Waals surface area contributed by atoms with Gasteiger partial charge in [-0.05, 0) is 29.9 Å². The van der Waals surface area contributed by atoms with Gasteiger partial charge >= 0.3 is 6.18 Å². The standard InChI is InChI=1S/C18H15P.C8H7BrF3NO/c1-4-10-16(11-5-1)19(17-12-6-2-7-13-17)18-14-8-3-9-15-18;1-14-7-5(3-9)2-6(4-13-7)8(10,11)12/h1-15H;2,4H,3H2,1H3/i;3D2. The Hall–Kier alpha value is -2.69. The Labute approximate surface area is 204 Å². The molecular formula is C26H22BrF3NOP. The Balaban J connectivity index is 0.000000199. The lowest BCUT2D eigenvalue weighted by atomic mass is 10.2. The van der Waals surface area contributed by atoms with Crippen molar-refractivity contribution in [2.75, 3.05) is 7.11 Å². The number of benzene rings is 3. The lowest BCUT2D eigenvalue weighted by Gasteiger charge is -2.18. The highest BCUT2D eigenvalue weighted by atomic mass is 79.9. The van der Waals surface area contributed by atoms with E-state index in [9.17, 15) is 13.2 Å². The maximum absolute atomic E-state index is 12.4. The van der Waals surface area contributed by atoms with Gasteiger partial charge in [-0.15, -0.1) is 0 Å². The van der Waals surface area contributed by atoms with Crippen LogP contribution in [-0.2, 0) is 11.5 Å². The fraction of sp³-hybridized carbons (Fsp3) is 0.115. The normalized spacial score (nSPS) is 12.3. The van der Waals surface area contributed by atoms with Gasteiger partial charge in [-0.3, -0.25) is 0 Å². The summed E-state index contributed by atoms with van der Waals surface area (Å²) in [5.74, 6) is -0.185. The molecule has 0 fully saturated rings. The molecule has 0 bridgehead atoms. The van der Waals surface area contributed by atoms with Crippen molar-refractivity contribution in [3.63, 3.8) is 0 Å². The van der Waals surface area contributed by atoms with E-state index in [2.05, 4.69) is 112 Å². The first-order valence-corrected chi connectivity index (χ1v) is 12.0. The summed E-state index contributed by atoms with van der Waals surface area (Å²) in [5.41, 5.74) is -1.32. The van der Waals surface area contributed by atoms with Crippen molar-refractivity contribution in [2.24, 2.45) is 0 Å². The Morgan fingerprint density at radius 3 is 1.61 bits per heavy atom. The van der Waals surface area contributed by atoms with Crippen molar-refractivity contribution in [3.05, 3.63) is 114 Å². The van der Waals surface area contributed by atoms with E-state index in [0.717, 1.165) is 0 Å². The van der Waals surface area contributed by atoms with Crippen molar-refractivity contribution >= 4 is 39.8 Å². The van der Waals surface area contributed by atoms with Crippen LogP contribution in [0, 0.1) is 0 Å². The molecule has 1 heterocycles. The second-order valence-electron chi connectivity index (χ2n) is 6.72. The molecule has 0 spiro atoms. The summed E-state index contributed by atoms with van der Waals surface area (Å²) in [4.78, 5) is 3.42. The van der Waals surface area contributed by atoms with Crippen LogP contribution in [0.1, 0.15) is 13.9 Å². The molecule has 0 amide bonds. The number of nitrogens with zero attached hydrogens (tertiary/aromatic N) is 1. The predicted molar refractivity (Wildman–Crippen MR) is 134 cm³/mol. The van der Waals surface area contributed by atoms with Crippen molar-refractivity contribution < 1.29 is 20.6 Å². The number of methoxy groups -OCH3 is 1. The molecule has 170 valence electrons. The fourth-order valence-electron chi connectivity index (χ4n) is 3.02. The van der Waals surface area contributed by atoms with E-state index in [1.165, 1.54) is 23.0 Å². The van der Waals surface area contributed by atoms with Crippen LogP contribution in [-0.4, -0.2) is 12.1 Å². The molecule has 7 heteroatoms. The van der Waals surface area contributed by atoms with E-state index in [0.29, 0.717) is 12.3 Å². The van der Waals surface area contributed by atoms with E-state index < -0.39 is 24.9 Å². The van der Waals surface area contributed by atoms with E-state index in [1.807, 2.05) is 0 Å². The zero-order valence-electron chi connectivity index (χ0n) is 19.6. The number of pyridine rings is 1. The molecule has 0 unspecified atom stereocenters. The van der Waals surface area contributed by atoms with E-state index in [4.69, 9.17) is 7.48 Å². The summed E-state index contributed by atoms with van der Waals surface area (Å²) >= 11 is 2.63. The molecule has 0 aliphatic rings. The second kappa shape index (κ2) is 12.0. The number of ether oxygens (including phenoxy) is 1. The third-order valence-corrected chi connectivity index (χ3v) is 7.39. The minimum Gasteiger partial charge on any atom is -0.481 e. The average Bonchev–Trinajstić information content (AvgIpc) is 2.85. The molecule has 0 saturated carbocycles. The minimum absolute atomic E-state index is 0.185. The van der Waals surface area contributed by atoms with Crippen molar-refractivity contribution in [1.82, 2.24) is 4.98 Å². The Bertz CT molecular complexity index is 1110. The van der Waals surface area contributed by atoms with Crippen LogP contribution in [0.15, 0.2) is 103 Å². The van der Waals surface area contributed by atoms with Crippen LogP contribution in [0.5, 0.6) is 5.88 Å². The van der Waals surface area contributed by atoms with E-state index in [-0.39, 0.29) is 11.4 Å². The maximum Gasteiger partial charge on any atom is 0.417 e. The van der Waals surface area contributed by atoms with Crippen LogP contribution in [0.4, 0.5) is 13.2 Å². The Morgan fingerprint density at radius 2 is 1.27 bits per heavy atom. The first-order valence-electron chi connectivity index (χ1n) is 10.9. The molecule has 1 aromatic heterocycles. The van der Waals surface area contributed by atoms with Crippen LogP contribution < -0.4 is 20.7 Å². The lowest BCUT2D eigenvalue weighted by Crippen LogP contribution is -2.20. The lowest BCUT2D eigenvalue weighted by molar-refractivity contribution is -0.137. The minimum atomic E-state index is -4.56. The molecule has 4 rings (SSSR count). The first kappa shape index (κ1) is 22.1. The van der Waals surface area contributed by atoms with Gasteiger partial charge in [-0.1, -0.05) is 107 Å². The number of rotatable bonds is 5. The van der Waals surface area contributed by atoms with Gasteiger partial charge in [-0.25, -0.2) is 4.98 Å². The highest BCUT2D eigenvalue weighted by Crippen LogP contribution is 2.33.